The van der Waals surface area contributed by atoms with Gasteiger partial charge in [0.05, 0.1) is 0 Å². The van der Waals surface area contributed by atoms with Crippen LogP contribution in [0.25, 0.3) is 16.9 Å². The first-order valence-electron chi connectivity index (χ1n) is 5.66. The third-order valence-corrected chi connectivity index (χ3v) is 2.71. The van der Waals surface area contributed by atoms with Crippen molar-refractivity contribution < 1.29 is 0 Å². The highest BCUT2D eigenvalue weighted by molar-refractivity contribution is 5.73. The van der Waals surface area contributed by atoms with Gasteiger partial charge < -0.3 is 5.73 Å². The summed E-state index contributed by atoms with van der Waals surface area (Å²) in [6.07, 6.45) is 3.63. The fourth-order valence-electron chi connectivity index (χ4n) is 1.83. The number of nitrogens with two attached hydrogens (primary N) is 1. The van der Waals surface area contributed by atoms with E-state index in [2.05, 4.69) is 10.1 Å². The standard InChI is InChI=1S/C14H12N4/c15-14-12(11-6-2-1-3-7-11)10-18(17-14)13-8-4-5-9-16-13/h1-10H,(H2,15,17). The fraction of sp³-hybridized carbons (Fsp3) is 0. The molecule has 88 valence electrons. The van der Waals surface area contributed by atoms with Gasteiger partial charge in [0.1, 0.15) is 0 Å². The third-order valence-electron chi connectivity index (χ3n) is 2.71. The van der Waals surface area contributed by atoms with Gasteiger partial charge in [-0.1, -0.05) is 36.4 Å². The highest BCUT2D eigenvalue weighted by Crippen LogP contribution is 2.25. The molecule has 2 aromatic heterocycles. The summed E-state index contributed by atoms with van der Waals surface area (Å²) in [6, 6.07) is 15.6. The first-order chi connectivity index (χ1) is 8.84. The molecule has 0 atom stereocenters. The second kappa shape index (κ2) is 4.33. The van der Waals surface area contributed by atoms with Crippen molar-refractivity contribution in [2.24, 2.45) is 0 Å². The van der Waals surface area contributed by atoms with Gasteiger partial charge in [0.15, 0.2) is 11.6 Å². The summed E-state index contributed by atoms with van der Waals surface area (Å²) in [5.74, 6) is 1.26. The van der Waals surface area contributed by atoms with Crippen LogP contribution in [0.15, 0.2) is 60.9 Å². The highest BCUT2D eigenvalue weighted by Gasteiger charge is 2.09. The van der Waals surface area contributed by atoms with Gasteiger partial charge in [-0.2, -0.15) is 0 Å². The van der Waals surface area contributed by atoms with Crippen LogP contribution in [0.1, 0.15) is 0 Å². The van der Waals surface area contributed by atoms with E-state index in [4.69, 9.17) is 5.73 Å². The minimum absolute atomic E-state index is 0.506. The van der Waals surface area contributed by atoms with Crippen molar-refractivity contribution >= 4 is 5.82 Å². The van der Waals surface area contributed by atoms with E-state index in [1.165, 1.54) is 0 Å². The molecule has 0 bridgehead atoms. The molecule has 3 aromatic rings. The Balaban J connectivity index is 2.07. The number of aromatic nitrogens is 3. The summed E-state index contributed by atoms with van der Waals surface area (Å²) in [6.45, 7) is 0. The Hall–Kier alpha value is -2.62. The van der Waals surface area contributed by atoms with Gasteiger partial charge >= 0.3 is 0 Å². The number of anilines is 1. The molecule has 3 rings (SSSR count). The smallest absolute Gasteiger partial charge is 0.153 e. The average Bonchev–Trinajstić information content (AvgIpc) is 2.83. The van der Waals surface area contributed by atoms with E-state index in [-0.39, 0.29) is 0 Å². The molecule has 2 heterocycles. The minimum Gasteiger partial charge on any atom is -0.382 e. The van der Waals surface area contributed by atoms with Gasteiger partial charge in [0.2, 0.25) is 0 Å². The fourth-order valence-corrected chi connectivity index (χ4v) is 1.83. The second-order valence-electron chi connectivity index (χ2n) is 3.93. The number of nitrogens with zero attached hydrogens (tertiary/aromatic N) is 3. The van der Waals surface area contributed by atoms with Crippen LogP contribution in [0, 0.1) is 0 Å². The quantitative estimate of drug-likeness (QED) is 0.743. The van der Waals surface area contributed by atoms with Crippen molar-refractivity contribution in [1.82, 2.24) is 14.8 Å². The zero-order valence-electron chi connectivity index (χ0n) is 9.69. The Kier molecular flexibility index (Phi) is 2.53. The molecule has 4 heteroatoms. The van der Waals surface area contributed by atoms with Crippen molar-refractivity contribution in [1.29, 1.82) is 0 Å². The van der Waals surface area contributed by atoms with Gasteiger partial charge in [0, 0.05) is 18.0 Å². The Morgan fingerprint density at radius 3 is 2.44 bits per heavy atom. The molecule has 0 aliphatic rings. The van der Waals surface area contributed by atoms with Gasteiger partial charge in [0.25, 0.3) is 0 Å². The predicted octanol–water partition coefficient (Wildman–Crippen LogP) is 2.52. The molecule has 0 saturated carbocycles. The number of benzene rings is 1. The summed E-state index contributed by atoms with van der Waals surface area (Å²) in [5, 5.41) is 4.29. The normalized spacial score (nSPS) is 10.4. The first kappa shape index (κ1) is 10.5. The molecule has 2 N–H and O–H groups in total. The lowest BCUT2D eigenvalue weighted by molar-refractivity contribution is 0.852. The van der Waals surface area contributed by atoms with Crippen LogP contribution >= 0.6 is 0 Å². The lowest BCUT2D eigenvalue weighted by atomic mass is 10.1. The van der Waals surface area contributed by atoms with Crippen molar-refractivity contribution in [3.63, 3.8) is 0 Å². The molecule has 0 aliphatic heterocycles. The molecule has 0 radical (unpaired) electrons. The van der Waals surface area contributed by atoms with Crippen molar-refractivity contribution in [3.05, 3.63) is 60.9 Å². The van der Waals surface area contributed by atoms with Crippen LogP contribution in [-0.4, -0.2) is 14.8 Å². The van der Waals surface area contributed by atoms with Gasteiger partial charge in [-0.05, 0) is 17.7 Å². The molecule has 18 heavy (non-hydrogen) atoms. The van der Waals surface area contributed by atoms with Gasteiger partial charge in [-0.25, -0.2) is 9.67 Å². The zero-order chi connectivity index (χ0) is 12.4. The van der Waals surface area contributed by atoms with Crippen LogP contribution in [0.3, 0.4) is 0 Å². The van der Waals surface area contributed by atoms with Crippen LogP contribution < -0.4 is 5.73 Å². The molecule has 4 nitrogen and oxygen atoms in total. The van der Waals surface area contributed by atoms with Crippen LogP contribution in [-0.2, 0) is 0 Å². The highest BCUT2D eigenvalue weighted by atomic mass is 15.3. The summed E-state index contributed by atoms with van der Waals surface area (Å²) in [5.41, 5.74) is 7.92. The predicted molar refractivity (Wildman–Crippen MR) is 71.2 cm³/mol. The van der Waals surface area contributed by atoms with Crippen LogP contribution in [0.4, 0.5) is 5.82 Å². The molecule has 0 unspecified atom stereocenters. The van der Waals surface area contributed by atoms with E-state index in [0.29, 0.717) is 5.82 Å². The summed E-state index contributed by atoms with van der Waals surface area (Å²) < 4.78 is 1.69. The number of pyridine rings is 1. The number of nitrogen functional groups attached to an aromatic ring is 1. The van der Waals surface area contributed by atoms with Crippen LogP contribution in [0.2, 0.25) is 0 Å². The molecule has 0 spiro atoms. The minimum atomic E-state index is 0.506. The number of rotatable bonds is 2. The maximum Gasteiger partial charge on any atom is 0.153 e. The van der Waals surface area contributed by atoms with Crippen LogP contribution in [0.5, 0.6) is 0 Å². The van der Waals surface area contributed by atoms with Gasteiger partial charge in [-0.15, -0.1) is 5.10 Å². The molecule has 0 saturated heterocycles. The molecule has 1 aromatic carbocycles. The first-order valence-corrected chi connectivity index (χ1v) is 5.66. The maximum atomic E-state index is 5.95. The number of hydrogen-bond acceptors (Lipinski definition) is 3. The van der Waals surface area contributed by atoms with Crippen molar-refractivity contribution in [2.45, 2.75) is 0 Å². The van der Waals surface area contributed by atoms with E-state index >= 15 is 0 Å². The van der Waals surface area contributed by atoms with Gasteiger partial charge in [-0.3, -0.25) is 0 Å². The SMILES string of the molecule is Nc1nn(-c2ccccn2)cc1-c1ccccc1. The van der Waals surface area contributed by atoms with E-state index in [0.717, 1.165) is 16.9 Å². The molecular formula is C14H12N4. The Bertz CT molecular complexity index is 644. The lowest BCUT2D eigenvalue weighted by Crippen LogP contribution is -1.97. The lowest BCUT2D eigenvalue weighted by Gasteiger charge is -1.97. The Morgan fingerprint density at radius 2 is 1.72 bits per heavy atom. The number of hydrogen-bond donors (Lipinski definition) is 1. The Labute approximate surface area is 105 Å². The van der Waals surface area contributed by atoms with Crippen molar-refractivity contribution in [2.75, 3.05) is 5.73 Å². The molecule has 0 fully saturated rings. The summed E-state index contributed by atoms with van der Waals surface area (Å²) in [4.78, 5) is 4.24. The molecule has 0 aliphatic carbocycles. The molecular weight excluding hydrogens is 224 g/mol. The van der Waals surface area contributed by atoms with E-state index in [1.807, 2.05) is 54.7 Å². The molecule has 0 amide bonds. The van der Waals surface area contributed by atoms with E-state index in [9.17, 15) is 0 Å². The van der Waals surface area contributed by atoms with E-state index < -0.39 is 0 Å². The Morgan fingerprint density at radius 1 is 0.944 bits per heavy atom. The topological polar surface area (TPSA) is 56.7 Å². The van der Waals surface area contributed by atoms with E-state index in [1.54, 1.807) is 10.9 Å². The summed E-state index contributed by atoms with van der Waals surface area (Å²) in [7, 11) is 0. The largest absolute Gasteiger partial charge is 0.382 e. The summed E-state index contributed by atoms with van der Waals surface area (Å²) >= 11 is 0. The second-order valence-corrected chi connectivity index (χ2v) is 3.93. The monoisotopic (exact) mass is 236 g/mol. The zero-order valence-corrected chi connectivity index (χ0v) is 9.69. The van der Waals surface area contributed by atoms with Crippen molar-refractivity contribution in [3.8, 4) is 16.9 Å². The third kappa shape index (κ3) is 1.84. The maximum absolute atomic E-state index is 5.95. The average molecular weight is 236 g/mol.